The fourth-order valence-electron chi connectivity index (χ4n) is 2.38. The van der Waals surface area contributed by atoms with Gasteiger partial charge < -0.3 is 16.4 Å². The molecule has 5 nitrogen and oxygen atoms in total. The molecule has 8 heteroatoms. The predicted octanol–water partition coefficient (Wildman–Crippen LogP) is 1.67. The maximum atomic E-state index is 12.3. The molecule has 0 bridgehead atoms. The zero-order valence-electron chi connectivity index (χ0n) is 12.8. The van der Waals surface area contributed by atoms with E-state index in [9.17, 15) is 9.59 Å². The van der Waals surface area contributed by atoms with E-state index in [2.05, 4.69) is 10.6 Å². The first-order valence-corrected chi connectivity index (χ1v) is 8.63. The van der Waals surface area contributed by atoms with Crippen molar-refractivity contribution >= 4 is 47.6 Å². The molecule has 1 aliphatic heterocycles. The van der Waals surface area contributed by atoms with Gasteiger partial charge in [0.1, 0.15) is 5.54 Å². The van der Waals surface area contributed by atoms with E-state index in [4.69, 9.17) is 17.3 Å². The Balaban J connectivity index is 0.00000264. The van der Waals surface area contributed by atoms with E-state index in [1.54, 1.807) is 31.2 Å². The van der Waals surface area contributed by atoms with Crippen LogP contribution in [0.1, 0.15) is 18.9 Å². The number of halogens is 2. The Morgan fingerprint density at radius 2 is 2.26 bits per heavy atom. The summed E-state index contributed by atoms with van der Waals surface area (Å²) in [6, 6.07) is 6.92. The van der Waals surface area contributed by atoms with E-state index < -0.39 is 11.4 Å². The Kier molecular flexibility index (Phi) is 7.67. The summed E-state index contributed by atoms with van der Waals surface area (Å²) in [7, 11) is 0. The highest BCUT2D eigenvalue weighted by atomic mass is 35.5. The first kappa shape index (κ1) is 20.1. The minimum atomic E-state index is -1.27. The molecule has 1 saturated heterocycles. The lowest BCUT2D eigenvalue weighted by Crippen LogP contribution is -2.54. The summed E-state index contributed by atoms with van der Waals surface area (Å²) >= 11 is 7.79. The summed E-state index contributed by atoms with van der Waals surface area (Å²) < 4.78 is 0. The molecule has 0 radical (unpaired) electrons. The quantitative estimate of drug-likeness (QED) is 0.728. The van der Waals surface area contributed by atoms with Crippen LogP contribution in [-0.4, -0.2) is 35.9 Å². The SMILES string of the molecule is CC(NC(=O)CC1CSCCN1)(C(N)=O)c1cccc(Cl)c1.Cl. The number of amides is 2. The van der Waals surface area contributed by atoms with Crippen molar-refractivity contribution in [2.45, 2.75) is 24.9 Å². The van der Waals surface area contributed by atoms with E-state index in [-0.39, 0.29) is 24.4 Å². The van der Waals surface area contributed by atoms with Crippen LogP contribution >= 0.6 is 35.8 Å². The van der Waals surface area contributed by atoms with Crippen LogP contribution in [0.2, 0.25) is 5.02 Å². The van der Waals surface area contributed by atoms with Crippen molar-refractivity contribution in [3.05, 3.63) is 34.9 Å². The largest absolute Gasteiger partial charge is 0.367 e. The molecule has 4 N–H and O–H groups in total. The first-order chi connectivity index (χ1) is 10.4. The normalized spacial score (nSPS) is 20.0. The first-order valence-electron chi connectivity index (χ1n) is 7.10. The van der Waals surface area contributed by atoms with Gasteiger partial charge in [0.2, 0.25) is 11.8 Å². The van der Waals surface area contributed by atoms with Crippen LogP contribution in [0.4, 0.5) is 0 Å². The van der Waals surface area contributed by atoms with Crippen molar-refractivity contribution in [3.63, 3.8) is 0 Å². The number of nitrogens with one attached hydrogen (secondary N) is 2. The average molecular weight is 378 g/mol. The summed E-state index contributed by atoms with van der Waals surface area (Å²) in [5.74, 6) is 1.12. The third-order valence-electron chi connectivity index (χ3n) is 3.71. The topological polar surface area (TPSA) is 84.2 Å². The van der Waals surface area contributed by atoms with E-state index in [0.717, 1.165) is 18.1 Å². The number of thioether (sulfide) groups is 1. The standard InChI is InChI=1S/C15H20ClN3O2S.ClH/c1-15(14(17)21,10-3-2-4-11(16)7-10)19-13(20)8-12-9-22-6-5-18-12;/h2-4,7,12,18H,5-6,8-9H2,1H3,(H2,17,21)(H,19,20);1H. The van der Waals surface area contributed by atoms with Gasteiger partial charge in [-0.2, -0.15) is 11.8 Å². The Morgan fingerprint density at radius 1 is 1.52 bits per heavy atom. The lowest BCUT2D eigenvalue weighted by Gasteiger charge is -2.30. The summed E-state index contributed by atoms with van der Waals surface area (Å²) in [4.78, 5) is 24.2. The van der Waals surface area contributed by atoms with E-state index in [1.165, 1.54) is 0 Å². The molecule has 0 aromatic heterocycles. The summed E-state index contributed by atoms with van der Waals surface area (Å²) in [6.45, 7) is 2.49. The summed E-state index contributed by atoms with van der Waals surface area (Å²) in [5.41, 5.74) is 4.82. The second-order valence-corrected chi connectivity index (χ2v) is 7.06. The Bertz CT molecular complexity index is 567. The molecule has 128 valence electrons. The van der Waals surface area contributed by atoms with Crippen molar-refractivity contribution in [3.8, 4) is 0 Å². The van der Waals surface area contributed by atoms with Gasteiger partial charge in [0.25, 0.3) is 0 Å². The second-order valence-electron chi connectivity index (χ2n) is 5.48. The third-order valence-corrected chi connectivity index (χ3v) is 5.08. The number of hydrogen-bond donors (Lipinski definition) is 3. The molecule has 1 aromatic rings. The van der Waals surface area contributed by atoms with Gasteiger partial charge in [-0.15, -0.1) is 12.4 Å². The number of hydrogen-bond acceptors (Lipinski definition) is 4. The molecule has 0 spiro atoms. The van der Waals surface area contributed by atoms with Crippen molar-refractivity contribution in [2.24, 2.45) is 5.73 Å². The number of benzene rings is 1. The summed E-state index contributed by atoms with van der Waals surface area (Å²) in [5, 5.41) is 6.55. The van der Waals surface area contributed by atoms with Gasteiger partial charge in [0.05, 0.1) is 0 Å². The average Bonchev–Trinajstić information content (AvgIpc) is 2.47. The number of carbonyl (C=O) groups excluding carboxylic acids is 2. The number of rotatable bonds is 5. The maximum Gasteiger partial charge on any atom is 0.247 e. The van der Waals surface area contributed by atoms with Gasteiger partial charge in [-0.1, -0.05) is 23.7 Å². The lowest BCUT2D eigenvalue weighted by molar-refractivity contribution is -0.131. The minimum absolute atomic E-state index is 0. The van der Waals surface area contributed by atoms with Crippen LogP contribution in [0.3, 0.4) is 0 Å². The zero-order valence-corrected chi connectivity index (χ0v) is 15.2. The third kappa shape index (κ3) is 5.28. The van der Waals surface area contributed by atoms with Gasteiger partial charge in [-0.3, -0.25) is 9.59 Å². The van der Waals surface area contributed by atoms with Gasteiger partial charge in [-0.05, 0) is 24.6 Å². The zero-order chi connectivity index (χ0) is 16.2. The van der Waals surface area contributed by atoms with Crippen LogP contribution in [-0.2, 0) is 15.1 Å². The lowest BCUT2D eigenvalue weighted by atomic mass is 9.91. The molecule has 23 heavy (non-hydrogen) atoms. The highest BCUT2D eigenvalue weighted by Gasteiger charge is 2.35. The van der Waals surface area contributed by atoms with E-state index in [0.29, 0.717) is 17.0 Å². The van der Waals surface area contributed by atoms with Crippen LogP contribution in [0.5, 0.6) is 0 Å². The minimum Gasteiger partial charge on any atom is -0.367 e. The van der Waals surface area contributed by atoms with Crippen LogP contribution in [0, 0.1) is 0 Å². The highest BCUT2D eigenvalue weighted by molar-refractivity contribution is 7.99. The van der Waals surface area contributed by atoms with Crippen molar-refractivity contribution < 1.29 is 9.59 Å². The van der Waals surface area contributed by atoms with Crippen molar-refractivity contribution in [1.82, 2.24) is 10.6 Å². The van der Waals surface area contributed by atoms with Gasteiger partial charge in [0, 0.05) is 35.5 Å². The molecule has 1 aliphatic rings. The predicted molar refractivity (Wildman–Crippen MR) is 97.1 cm³/mol. The highest BCUT2D eigenvalue weighted by Crippen LogP contribution is 2.24. The molecule has 2 amide bonds. The van der Waals surface area contributed by atoms with Crippen molar-refractivity contribution in [1.29, 1.82) is 0 Å². The van der Waals surface area contributed by atoms with E-state index in [1.807, 2.05) is 11.8 Å². The number of primary amides is 1. The van der Waals surface area contributed by atoms with Crippen LogP contribution < -0.4 is 16.4 Å². The van der Waals surface area contributed by atoms with Gasteiger partial charge in [-0.25, -0.2) is 0 Å². The smallest absolute Gasteiger partial charge is 0.247 e. The number of nitrogens with two attached hydrogens (primary N) is 1. The molecule has 1 heterocycles. The molecule has 0 saturated carbocycles. The fraction of sp³-hybridized carbons (Fsp3) is 0.467. The fourth-order valence-corrected chi connectivity index (χ4v) is 3.52. The molecule has 2 rings (SSSR count). The van der Waals surface area contributed by atoms with Gasteiger partial charge >= 0.3 is 0 Å². The van der Waals surface area contributed by atoms with Crippen LogP contribution in [0.25, 0.3) is 0 Å². The van der Waals surface area contributed by atoms with Crippen molar-refractivity contribution in [2.75, 3.05) is 18.1 Å². The summed E-state index contributed by atoms with van der Waals surface area (Å²) in [6.07, 6.45) is 0.316. The molecule has 2 atom stereocenters. The monoisotopic (exact) mass is 377 g/mol. The maximum absolute atomic E-state index is 12.3. The van der Waals surface area contributed by atoms with Crippen LogP contribution in [0.15, 0.2) is 24.3 Å². The van der Waals surface area contributed by atoms with E-state index >= 15 is 0 Å². The molecule has 1 aromatic carbocycles. The molecule has 2 unspecified atom stereocenters. The Hall–Kier alpha value is -0.950. The molecular weight excluding hydrogens is 357 g/mol. The number of carbonyl (C=O) groups is 2. The molecular formula is C15H21Cl2N3O2S. The Labute approximate surface area is 151 Å². The second kappa shape index (κ2) is 8.78. The molecule has 1 fully saturated rings. The molecule has 0 aliphatic carbocycles. The Morgan fingerprint density at radius 3 is 2.83 bits per heavy atom. The van der Waals surface area contributed by atoms with Gasteiger partial charge in [0.15, 0.2) is 0 Å².